The molecule has 2 amide bonds. The summed E-state index contributed by atoms with van der Waals surface area (Å²) in [7, 11) is 0. The highest BCUT2D eigenvalue weighted by atomic mass is 32.2. The molecule has 0 saturated heterocycles. The fourth-order valence-corrected chi connectivity index (χ4v) is 2.38. The Hall–Kier alpha value is -2.88. The molecule has 0 fully saturated rings. The molecule has 26 heavy (non-hydrogen) atoms. The fourth-order valence-electron chi connectivity index (χ4n) is 1.77. The molecular weight excluding hydrogens is 365 g/mol. The van der Waals surface area contributed by atoms with Crippen molar-refractivity contribution in [1.29, 1.82) is 0 Å². The number of carbonyl (C=O) groups excluding carboxylic acids is 3. The molecule has 1 heterocycles. The lowest BCUT2D eigenvalue weighted by molar-refractivity contribution is -0.144. The third-order valence-corrected chi connectivity index (χ3v) is 3.77. The minimum atomic E-state index is -0.663. The number of hydrogen-bond donors (Lipinski definition) is 2. The van der Waals surface area contributed by atoms with Gasteiger partial charge in [0.1, 0.15) is 11.6 Å². The van der Waals surface area contributed by atoms with E-state index in [1.54, 1.807) is 19.1 Å². The van der Waals surface area contributed by atoms with Gasteiger partial charge in [0.25, 0.3) is 5.91 Å². The highest BCUT2D eigenvalue weighted by Gasteiger charge is 2.12. The maximum atomic E-state index is 13.4. The molecule has 2 aromatic rings. The van der Waals surface area contributed by atoms with E-state index in [4.69, 9.17) is 9.26 Å². The number of carbonyl (C=O) groups is 3. The first-order chi connectivity index (χ1) is 12.4. The number of aromatic nitrogens is 1. The maximum absolute atomic E-state index is 13.4. The summed E-state index contributed by atoms with van der Waals surface area (Å²) >= 11 is 1.02. The third kappa shape index (κ3) is 6.55. The molecule has 0 unspecified atom stereocenters. The quantitative estimate of drug-likeness (QED) is 0.673. The van der Waals surface area contributed by atoms with E-state index < -0.39 is 24.3 Å². The fraction of sp³-hybridized carbons (Fsp3) is 0.250. The van der Waals surface area contributed by atoms with E-state index in [0.717, 1.165) is 11.8 Å². The minimum Gasteiger partial charge on any atom is -0.455 e. The molecule has 0 radical (unpaired) electrons. The van der Waals surface area contributed by atoms with Crippen LogP contribution in [0.15, 0.2) is 34.9 Å². The summed E-state index contributed by atoms with van der Waals surface area (Å²) in [6.07, 6.45) is 0. The van der Waals surface area contributed by atoms with E-state index in [9.17, 15) is 18.8 Å². The predicted octanol–water partition coefficient (Wildman–Crippen LogP) is 1.98. The molecule has 0 atom stereocenters. The van der Waals surface area contributed by atoms with Crippen molar-refractivity contribution in [3.8, 4) is 0 Å². The van der Waals surface area contributed by atoms with Crippen molar-refractivity contribution < 1.29 is 28.0 Å². The lowest BCUT2D eigenvalue weighted by atomic mass is 10.3. The number of ether oxygens (including phenoxy) is 1. The highest BCUT2D eigenvalue weighted by Crippen LogP contribution is 2.12. The van der Waals surface area contributed by atoms with Gasteiger partial charge < -0.3 is 19.9 Å². The average Bonchev–Trinajstić information content (AvgIpc) is 3.00. The molecule has 2 rings (SSSR count). The van der Waals surface area contributed by atoms with Crippen LogP contribution in [0.4, 0.5) is 15.9 Å². The Morgan fingerprint density at radius 2 is 1.96 bits per heavy atom. The van der Waals surface area contributed by atoms with Crippen molar-refractivity contribution in [2.45, 2.75) is 6.92 Å². The molecule has 0 saturated carbocycles. The normalized spacial score (nSPS) is 10.2. The zero-order chi connectivity index (χ0) is 18.9. The molecule has 0 aliphatic heterocycles. The second-order valence-corrected chi connectivity index (χ2v) is 6.04. The van der Waals surface area contributed by atoms with Gasteiger partial charge in [-0.1, -0.05) is 17.3 Å². The Labute approximate surface area is 152 Å². The molecular formula is C16H16FN3O5S. The highest BCUT2D eigenvalue weighted by molar-refractivity contribution is 8.00. The number of hydrogen-bond acceptors (Lipinski definition) is 7. The van der Waals surface area contributed by atoms with Crippen LogP contribution in [0.25, 0.3) is 0 Å². The Balaban J connectivity index is 1.62. The average molecular weight is 381 g/mol. The van der Waals surface area contributed by atoms with Gasteiger partial charge in [-0.15, -0.1) is 11.8 Å². The van der Waals surface area contributed by atoms with E-state index in [-0.39, 0.29) is 23.1 Å². The molecule has 0 aliphatic rings. The number of rotatable bonds is 8. The second-order valence-electron chi connectivity index (χ2n) is 5.05. The number of para-hydroxylation sites is 1. The summed E-state index contributed by atoms with van der Waals surface area (Å²) in [6.45, 7) is 1.15. The maximum Gasteiger partial charge on any atom is 0.316 e. The zero-order valence-electron chi connectivity index (χ0n) is 13.8. The van der Waals surface area contributed by atoms with Crippen molar-refractivity contribution in [3.63, 3.8) is 0 Å². The van der Waals surface area contributed by atoms with E-state index in [0.29, 0.717) is 11.6 Å². The monoisotopic (exact) mass is 381 g/mol. The zero-order valence-corrected chi connectivity index (χ0v) is 14.6. The van der Waals surface area contributed by atoms with Crippen LogP contribution in [0, 0.1) is 12.7 Å². The van der Waals surface area contributed by atoms with Crippen LogP contribution in [0.2, 0.25) is 0 Å². The second kappa shape index (κ2) is 9.56. The van der Waals surface area contributed by atoms with Gasteiger partial charge in [-0.05, 0) is 19.1 Å². The summed E-state index contributed by atoms with van der Waals surface area (Å²) in [5, 5.41) is 8.40. The summed E-state index contributed by atoms with van der Waals surface area (Å²) in [5.74, 6) is -1.52. The minimum absolute atomic E-state index is 0.00241. The molecule has 0 bridgehead atoms. The van der Waals surface area contributed by atoms with E-state index in [2.05, 4.69) is 15.8 Å². The van der Waals surface area contributed by atoms with Crippen molar-refractivity contribution in [3.05, 3.63) is 41.9 Å². The van der Waals surface area contributed by atoms with Crippen molar-refractivity contribution in [2.24, 2.45) is 0 Å². The van der Waals surface area contributed by atoms with Gasteiger partial charge in [-0.25, -0.2) is 4.39 Å². The molecule has 1 aromatic heterocycles. The molecule has 1 aromatic carbocycles. The van der Waals surface area contributed by atoms with Crippen LogP contribution in [-0.4, -0.2) is 41.1 Å². The summed E-state index contributed by atoms with van der Waals surface area (Å²) < 4.78 is 22.9. The Morgan fingerprint density at radius 3 is 2.65 bits per heavy atom. The first-order valence-corrected chi connectivity index (χ1v) is 8.60. The smallest absolute Gasteiger partial charge is 0.316 e. The lowest BCUT2D eigenvalue weighted by Gasteiger charge is -2.07. The summed E-state index contributed by atoms with van der Waals surface area (Å²) in [6, 6.07) is 7.20. The number of thioether (sulfide) groups is 1. The van der Waals surface area contributed by atoms with Crippen LogP contribution in [0.3, 0.4) is 0 Å². The topological polar surface area (TPSA) is 111 Å². The Kier molecular flexibility index (Phi) is 7.15. The first-order valence-electron chi connectivity index (χ1n) is 7.45. The number of esters is 1. The van der Waals surface area contributed by atoms with Gasteiger partial charge in [0.15, 0.2) is 12.4 Å². The Morgan fingerprint density at radius 1 is 1.19 bits per heavy atom. The van der Waals surface area contributed by atoms with Crippen molar-refractivity contribution in [2.75, 3.05) is 28.7 Å². The van der Waals surface area contributed by atoms with E-state index in [1.165, 1.54) is 18.2 Å². The standard InChI is InChI=1S/C16H16FN3O5S/c1-10-6-13(20-25-10)19-15(22)8-26-9-16(23)24-7-14(21)18-12-5-3-2-4-11(12)17/h2-6H,7-9H2,1H3,(H,18,21)(H,19,20,22). The lowest BCUT2D eigenvalue weighted by Crippen LogP contribution is -2.22. The molecule has 0 spiro atoms. The van der Waals surface area contributed by atoms with Crippen molar-refractivity contribution in [1.82, 2.24) is 5.16 Å². The number of nitrogens with zero attached hydrogens (tertiary/aromatic N) is 1. The van der Waals surface area contributed by atoms with Crippen LogP contribution >= 0.6 is 11.8 Å². The Bertz CT molecular complexity index is 796. The van der Waals surface area contributed by atoms with Gasteiger partial charge >= 0.3 is 5.97 Å². The number of halogens is 1. The number of benzene rings is 1. The van der Waals surface area contributed by atoms with E-state index >= 15 is 0 Å². The van der Waals surface area contributed by atoms with Crippen LogP contribution in [0.1, 0.15) is 5.76 Å². The first kappa shape index (κ1) is 19.4. The van der Waals surface area contributed by atoms with Crippen LogP contribution < -0.4 is 10.6 Å². The number of aryl methyl sites for hydroxylation is 1. The molecule has 8 nitrogen and oxygen atoms in total. The molecule has 138 valence electrons. The van der Waals surface area contributed by atoms with Crippen LogP contribution in [-0.2, 0) is 19.1 Å². The predicted molar refractivity (Wildman–Crippen MR) is 93.2 cm³/mol. The summed E-state index contributed by atoms with van der Waals surface area (Å²) in [5.41, 5.74) is 0.00249. The van der Waals surface area contributed by atoms with Gasteiger partial charge in [-0.2, -0.15) is 0 Å². The largest absolute Gasteiger partial charge is 0.455 e. The number of anilines is 2. The number of nitrogens with one attached hydrogen (secondary N) is 2. The third-order valence-electron chi connectivity index (χ3n) is 2.86. The van der Waals surface area contributed by atoms with Gasteiger partial charge in [0, 0.05) is 6.07 Å². The summed E-state index contributed by atoms with van der Waals surface area (Å²) in [4.78, 5) is 34.8. The van der Waals surface area contributed by atoms with Crippen LogP contribution in [0.5, 0.6) is 0 Å². The number of amides is 2. The van der Waals surface area contributed by atoms with Gasteiger partial charge in [-0.3, -0.25) is 14.4 Å². The van der Waals surface area contributed by atoms with Crippen molar-refractivity contribution >= 4 is 41.1 Å². The van der Waals surface area contributed by atoms with Gasteiger partial charge in [0.05, 0.1) is 17.2 Å². The van der Waals surface area contributed by atoms with Gasteiger partial charge in [0.2, 0.25) is 5.91 Å². The SMILES string of the molecule is Cc1cc(NC(=O)CSCC(=O)OCC(=O)Nc2ccccc2F)no1. The van der Waals surface area contributed by atoms with E-state index in [1.807, 2.05) is 0 Å². The molecule has 10 heteroatoms. The molecule has 2 N–H and O–H groups in total. The molecule has 0 aliphatic carbocycles.